The van der Waals surface area contributed by atoms with Crippen molar-refractivity contribution >= 4 is 0 Å². The zero-order valence-corrected chi connectivity index (χ0v) is 17.6. The van der Waals surface area contributed by atoms with Crippen LogP contribution in [-0.4, -0.2) is 31.9 Å². The lowest BCUT2D eigenvalue weighted by Crippen LogP contribution is -2.23. The molecule has 0 spiro atoms. The molecule has 0 amide bonds. The molecule has 4 aromatic rings. The Hall–Kier alpha value is -3.94. The lowest BCUT2D eigenvalue weighted by atomic mass is 10.0. The van der Waals surface area contributed by atoms with Crippen molar-refractivity contribution < 1.29 is 9.47 Å². The van der Waals surface area contributed by atoms with Crippen molar-refractivity contribution in [2.24, 2.45) is 7.05 Å². The van der Waals surface area contributed by atoms with E-state index in [0.29, 0.717) is 11.6 Å². The molecule has 4 rings (SSSR count). The summed E-state index contributed by atoms with van der Waals surface area (Å²) in [5, 5.41) is 7.80. The van der Waals surface area contributed by atoms with Gasteiger partial charge < -0.3 is 9.47 Å². The van der Waals surface area contributed by atoms with E-state index in [1.807, 2.05) is 60.7 Å². The smallest absolute Gasteiger partial charge is 0.368 e. The summed E-state index contributed by atoms with van der Waals surface area (Å²) in [7, 11) is 3.21. The molecule has 0 unspecified atom stereocenters. The Kier molecular flexibility index (Phi) is 5.79. The number of aryl methyl sites for hydroxylation is 2. The monoisotopic (exact) mass is 417 g/mol. The largest absolute Gasteiger partial charge is 0.497 e. The third kappa shape index (κ3) is 4.18. The molecule has 158 valence electrons. The van der Waals surface area contributed by atoms with Gasteiger partial charge in [0, 0.05) is 24.2 Å². The summed E-state index contributed by atoms with van der Waals surface area (Å²) in [6, 6.07) is 19.1. The van der Waals surface area contributed by atoms with Crippen molar-refractivity contribution in [3.63, 3.8) is 0 Å². The molecule has 0 atom stereocenters. The lowest BCUT2D eigenvalue weighted by Gasteiger charge is -2.14. The van der Waals surface area contributed by atoms with Gasteiger partial charge in [-0.25, -0.2) is 9.78 Å². The summed E-state index contributed by atoms with van der Waals surface area (Å²) >= 11 is 0. The van der Waals surface area contributed by atoms with Gasteiger partial charge in [0.15, 0.2) is 0 Å². The third-order valence-corrected chi connectivity index (χ3v) is 5.05. The summed E-state index contributed by atoms with van der Waals surface area (Å²) < 4.78 is 13.7. The second-order valence-corrected chi connectivity index (χ2v) is 6.94. The molecule has 0 N–H and O–H groups in total. The van der Waals surface area contributed by atoms with E-state index in [-0.39, 0.29) is 12.3 Å². The second kappa shape index (κ2) is 8.83. The molecule has 2 aromatic heterocycles. The van der Waals surface area contributed by atoms with E-state index >= 15 is 0 Å². The summed E-state index contributed by atoms with van der Waals surface area (Å²) in [4.78, 5) is 17.0. The van der Waals surface area contributed by atoms with E-state index in [1.54, 1.807) is 14.2 Å². The van der Waals surface area contributed by atoms with Crippen LogP contribution in [0.25, 0.3) is 16.9 Å². The van der Waals surface area contributed by atoms with Crippen molar-refractivity contribution in [2.45, 2.75) is 20.0 Å². The van der Waals surface area contributed by atoms with E-state index in [9.17, 15) is 4.79 Å². The Morgan fingerprint density at radius 3 is 2.42 bits per heavy atom. The molecule has 0 aliphatic heterocycles. The number of rotatable bonds is 7. The van der Waals surface area contributed by atoms with Crippen molar-refractivity contribution in [3.8, 4) is 28.6 Å². The van der Waals surface area contributed by atoms with Crippen LogP contribution in [0.2, 0.25) is 0 Å². The minimum Gasteiger partial charge on any atom is -0.497 e. The standard InChI is InChI=1S/C23H23N5O3/c1-4-16-7-5-9-21(28-23(29)27(2)25-26-28)19(16)15-31-22-10-6-8-20(24-22)17-11-13-18(30-3)14-12-17/h5-14H,4,15H2,1-3H3. The number of ether oxygens (including phenoxy) is 2. The molecule has 8 heteroatoms. The van der Waals surface area contributed by atoms with Crippen LogP contribution in [0.5, 0.6) is 11.6 Å². The second-order valence-electron chi connectivity index (χ2n) is 6.94. The zero-order valence-electron chi connectivity index (χ0n) is 17.6. The van der Waals surface area contributed by atoms with Gasteiger partial charge in [0.05, 0.1) is 18.5 Å². The fourth-order valence-electron chi connectivity index (χ4n) is 3.35. The van der Waals surface area contributed by atoms with E-state index in [0.717, 1.165) is 34.6 Å². The Balaban J connectivity index is 1.62. The SMILES string of the molecule is CCc1cccc(-n2nnn(C)c2=O)c1COc1cccc(-c2ccc(OC)cc2)n1. The molecule has 0 saturated carbocycles. The number of hydrogen-bond acceptors (Lipinski definition) is 6. The first-order valence-corrected chi connectivity index (χ1v) is 9.95. The molecule has 0 fully saturated rings. The fourth-order valence-corrected chi connectivity index (χ4v) is 3.35. The van der Waals surface area contributed by atoms with Gasteiger partial charge in [0.1, 0.15) is 12.4 Å². The van der Waals surface area contributed by atoms with Crippen LogP contribution in [0.4, 0.5) is 0 Å². The van der Waals surface area contributed by atoms with Gasteiger partial charge in [-0.1, -0.05) is 25.1 Å². The Labute approximate surface area is 179 Å². The maximum Gasteiger partial charge on any atom is 0.368 e. The predicted molar refractivity (Wildman–Crippen MR) is 117 cm³/mol. The zero-order chi connectivity index (χ0) is 21.8. The van der Waals surface area contributed by atoms with Crippen LogP contribution in [-0.2, 0) is 20.1 Å². The van der Waals surface area contributed by atoms with Crippen molar-refractivity contribution in [2.75, 3.05) is 7.11 Å². The number of nitrogens with zero attached hydrogens (tertiary/aromatic N) is 5. The van der Waals surface area contributed by atoms with E-state index in [4.69, 9.17) is 9.47 Å². The Morgan fingerprint density at radius 2 is 1.74 bits per heavy atom. The molecular formula is C23H23N5O3. The minimum atomic E-state index is -0.311. The number of benzene rings is 2. The molecule has 0 aliphatic carbocycles. The van der Waals surface area contributed by atoms with Gasteiger partial charge in [0.2, 0.25) is 5.88 Å². The molecule has 0 aliphatic rings. The molecule has 8 nitrogen and oxygen atoms in total. The highest BCUT2D eigenvalue weighted by Crippen LogP contribution is 2.24. The van der Waals surface area contributed by atoms with Crippen molar-refractivity contribution in [1.82, 2.24) is 24.8 Å². The van der Waals surface area contributed by atoms with Crippen LogP contribution in [0.3, 0.4) is 0 Å². The first-order valence-electron chi connectivity index (χ1n) is 9.95. The van der Waals surface area contributed by atoms with Crippen LogP contribution in [0.15, 0.2) is 65.5 Å². The van der Waals surface area contributed by atoms with E-state index in [1.165, 1.54) is 9.36 Å². The molecule has 0 radical (unpaired) electrons. The molecule has 0 saturated heterocycles. The molecule has 2 aromatic carbocycles. The summed E-state index contributed by atoms with van der Waals surface area (Å²) in [5.41, 5.74) is 4.06. The van der Waals surface area contributed by atoms with E-state index < -0.39 is 0 Å². The molecule has 31 heavy (non-hydrogen) atoms. The first kappa shape index (κ1) is 20.3. The number of pyridine rings is 1. The van der Waals surface area contributed by atoms with Crippen LogP contribution < -0.4 is 15.2 Å². The number of tetrazole rings is 1. The van der Waals surface area contributed by atoms with Gasteiger partial charge >= 0.3 is 5.69 Å². The summed E-state index contributed by atoms with van der Waals surface area (Å²) in [5.74, 6) is 1.29. The quantitative estimate of drug-likeness (QED) is 0.459. The Morgan fingerprint density at radius 1 is 0.968 bits per heavy atom. The van der Waals surface area contributed by atoms with Gasteiger partial charge in [0.25, 0.3) is 0 Å². The van der Waals surface area contributed by atoms with Gasteiger partial charge in [-0.3, -0.25) is 0 Å². The van der Waals surface area contributed by atoms with E-state index in [2.05, 4.69) is 22.3 Å². The predicted octanol–water partition coefficient (Wildman–Crippen LogP) is 3.18. The number of hydrogen-bond donors (Lipinski definition) is 0. The fraction of sp³-hybridized carbons (Fsp3) is 0.217. The summed E-state index contributed by atoms with van der Waals surface area (Å²) in [6.07, 6.45) is 0.793. The minimum absolute atomic E-state index is 0.251. The third-order valence-electron chi connectivity index (χ3n) is 5.05. The van der Waals surface area contributed by atoms with Crippen molar-refractivity contribution in [1.29, 1.82) is 0 Å². The average Bonchev–Trinajstić information content (AvgIpc) is 3.15. The van der Waals surface area contributed by atoms with Crippen LogP contribution >= 0.6 is 0 Å². The lowest BCUT2D eigenvalue weighted by molar-refractivity contribution is 0.292. The highest BCUT2D eigenvalue weighted by molar-refractivity contribution is 5.60. The molecular weight excluding hydrogens is 394 g/mol. The van der Waals surface area contributed by atoms with Gasteiger partial charge in [-0.05, 0) is 58.8 Å². The van der Waals surface area contributed by atoms with Gasteiger partial charge in [-0.2, -0.15) is 9.36 Å². The first-order chi connectivity index (χ1) is 15.1. The molecule has 2 heterocycles. The Bertz CT molecular complexity index is 1240. The highest BCUT2D eigenvalue weighted by atomic mass is 16.5. The average molecular weight is 417 g/mol. The normalized spacial score (nSPS) is 10.8. The van der Waals surface area contributed by atoms with Crippen LogP contribution in [0.1, 0.15) is 18.1 Å². The van der Waals surface area contributed by atoms with Gasteiger partial charge in [-0.15, -0.1) is 0 Å². The number of aromatic nitrogens is 5. The maximum atomic E-state index is 12.4. The topological polar surface area (TPSA) is 84.1 Å². The van der Waals surface area contributed by atoms with Crippen molar-refractivity contribution in [3.05, 3.63) is 82.3 Å². The summed E-state index contributed by atoms with van der Waals surface area (Å²) in [6.45, 7) is 2.31. The molecule has 0 bridgehead atoms. The highest BCUT2D eigenvalue weighted by Gasteiger charge is 2.15. The van der Waals surface area contributed by atoms with Crippen LogP contribution in [0, 0.1) is 0 Å². The number of methoxy groups -OCH3 is 1. The maximum absolute atomic E-state index is 12.4.